The van der Waals surface area contributed by atoms with Crippen LogP contribution < -0.4 is 11.1 Å². The molecule has 2 aromatic rings. The van der Waals surface area contributed by atoms with Crippen molar-refractivity contribution in [2.45, 2.75) is 46.0 Å². The average molecular weight is 331 g/mol. The van der Waals surface area contributed by atoms with Gasteiger partial charge in [-0.15, -0.1) is 11.3 Å². The van der Waals surface area contributed by atoms with Gasteiger partial charge in [-0.3, -0.25) is 4.79 Å². The first kappa shape index (κ1) is 17.5. The fourth-order valence-corrected chi connectivity index (χ4v) is 3.24. The molecule has 0 saturated heterocycles. The first-order valence-corrected chi connectivity index (χ1v) is 8.84. The lowest BCUT2D eigenvalue weighted by Crippen LogP contribution is -2.26. The molecule has 0 aliphatic carbocycles. The fourth-order valence-electron chi connectivity index (χ4n) is 2.41. The molecule has 3 N–H and O–H groups in total. The average Bonchev–Trinajstić information content (AvgIpc) is 2.82. The molecular formula is C18H25N3OS. The second-order valence-electron chi connectivity index (χ2n) is 6.09. The summed E-state index contributed by atoms with van der Waals surface area (Å²) in [6.07, 6.45) is 2.28. The van der Waals surface area contributed by atoms with Gasteiger partial charge in [0, 0.05) is 11.4 Å². The molecule has 0 aliphatic heterocycles. The normalized spacial score (nSPS) is 11.0. The number of nitrogens with one attached hydrogen (secondary N) is 1. The standard InChI is InChI=1S/C18H25N3OS/c1-12(2)15-8-6-14(7-9-15)5-4-10-20-17(22)11-16-13(3)21-18(19)23-16/h6-9,12H,4-5,10-11H2,1-3H3,(H2,19,21)(H,20,22). The van der Waals surface area contributed by atoms with Gasteiger partial charge in [0.25, 0.3) is 0 Å². The summed E-state index contributed by atoms with van der Waals surface area (Å²) in [5.74, 6) is 0.597. The summed E-state index contributed by atoms with van der Waals surface area (Å²) in [5.41, 5.74) is 9.18. The third-order valence-electron chi connectivity index (χ3n) is 3.84. The van der Waals surface area contributed by atoms with E-state index in [4.69, 9.17) is 5.73 Å². The van der Waals surface area contributed by atoms with Crippen LogP contribution in [0.2, 0.25) is 0 Å². The second kappa shape index (κ2) is 8.11. The maximum absolute atomic E-state index is 11.9. The van der Waals surface area contributed by atoms with Crippen LogP contribution in [0.4, 0.5) is 5.13 Å². The van der Waals surface area contributed by atoms with Crippen LogP contribution in [0, 0.1) is 6.92 Å². The number of carbonyl (C=O) groups excluding carboxylic acids is 1. The van der Waals surface area contributed by atoms with Gasteiger partial charge in [-0.05, 0) is 36.8 Å². The number of anilines is 1. The molecule has 4 nitrogen and oxygen atoms in total. The SMILES string of the molecule is Cc1nc(N)sc1CC(=O)NCCCc1ccc(C(C)C)cc1. The second-order valence-corrected chi connectivity index (χ2v) is 7.20. The Balaban J connectivity index is 1.70. The van der Waals surface area contributed by atoms with Crippen molar-refractivity contribution in [2.75, 3.05) is 12.3 Å². The van der Waals surface area contributed by atoms with Gasteiger partial charge in [-0.1, -0.05) is 38.1 Å². The van der Waals surface area contributed by atoms with E-state index in [1.807, 2.05) is 6.92 Å². The Morgan fingerprint density at radius 1 is 1.30 bits per heavy atom. The molecule has 124 valence electrons. The maximum Gasteiger partial charge on any atom is 0.225 e. The highest BCUT2D eigenvalue weighted by Gasteiger charge is 2.10. The van der Waals surface area contributed by atoms with Gasteiger partial charge in [0.1, 0.15) is 0 Å². The van der Waals surface area contributed by atoms with Gasteiger partial charge in [0.2, 0.25) is 5.91 Å². The van der Waals surface area contributed by atoms with Crippen LogP contribution in [0.5, 0.6) is 0 Å². The summed E-state index contributed by atoms with van der Waals surface area (Å²) in [6.45, 7) is 6.97. The van der Waals surface area contributed by atoms with Crippen LogP contribution in [-0.2, 0) is 17.6 Å². The third kappa shape index (κ3) is 5.36. The van der Waals surface area contributed by atoms with Gasteiger partial charge in [0.05, 0.1) is 12.1 Å². The number of thiazole rings is 1. The summed E-state index contributed by atoms with van der Waals surface area (Å²) in [7, 11) is 0. The lowest BCUT2D eigenvalue weighted by molar-refractivity contribution is -0.120. The fraction of sp³-hybridized carbons (Fsp3) is 0.444. The van der Waals surface area contributed by atoms with E-state index in [-0.39, 0.29) is 5.91 Å². The number of nitrogens with zero attached hydrogens (tertiary/aromatic N) is 1. The molecule has 0 fully saturated rings. The topological polar surface area (TPSA) is 68.0 Å². The van der Waals surface area contributed by atoms with Crippen molar-refractivity contribution in [3.8, 4) is 0 Å². The summed E-state index contributed by atoms with van der Waals surface area (Å²) in [5, 5.41) is 3.49. The predicted molar refractivity (Wildman–Crippen MR) is 96.8 cm³/mol. The Labute approximate surface area is 142 Å². The van der Waals surface area contributed by atoms with E-state index >= 15 is 0 Å². The number of nitrogen functional groups attached to an aromatic ring is 1. The van der Waals surface area contributed by atoms with Crippen molar-refractivity contribution < 1.29 is 4.79 Å². The van der Waals surface area contributed by atoms with Crippen LogP contribution in [-0.4, -0.2) is 17.4 Å². The van der Waals surface area contributed by atoms with Crippen molar-refractivity contribution >= 4 is 22.4 Å². The van der Waals surface area contributed by atoms with E-state index in [2.05, 4.69) is 48.4 Å². The summed E-state index contributed by atoms with van der Waals surface area (Å²) in [6, 6.07) is 8.74. The highest BCUT2D eigenvalue weighted by atomic mass is 32.1. The highest BCUT2D eigenvalue weighted by molar-refractivity contribution is 7.15. The Morgan fingerprint density at radius 2 is 2.00 bits per heavy atom. The van der Waals surface area contributed by atoms with Crippen molar-refractivity contribution in [2.24, 2.45) is 0 Å². The number of amides is 1. The van der Waals surface area contributed by atoms with Crippen LogP contribution in [0.1, 0.15) is 47.9 Å². The minimum Gasteiger partial charge on any atom is -0.375 e. The summed E-state index contributed by atoms with van der Waals surface area (Å²) < 4.78 is 0. The van der Waals surface area contributed by atoms with Gasteiger partial charge in [-0.25, -0.2) is 4.98 Å². The molecule has 0 aliphatic rings. The van der Waals surface area contributed by atoms with Crippen LogP contribution >= 0.6 is 11.3 Å². The number of carbonyl (C=O) groups is 1. The van der Waals surface area contributed by atoms with Crippen molar-refractivity contribution in [3.05, 3.63) is 46.0 Å². The molecule has 0 spiro atoms. The van der Waals surface area contributed by atoms with Crippen molar-refractivity contribution in [3.63, 3.8) is 0 Å². The Kier molecular flexibility index (Phi) is 6.16. The van der Waals surface area contributed by atoms with E-state index in [9.17, 15) is 4.79 Å². The zero-order chi connectivity index (χ0) is 16.8. The summed E-state index contributed by atoms with van der Waals surface area (Å²) in [4.78, 5) is 17.0. The number of aryl methyl sites for hydroxylation is 2. The van der Waals surface area contributed by atoms with E-state index in [0.29, 0.717) is 24.0 Å². The molecule has 5 heteroatoms. The largest absolute Gasteiger partial charge is 0.375 e. The zero-order valence-corrected chi connectivity index (χ0v) is 14.9. The van der Waals surface area contributed by atoms with Gasteiger partial charge >= 0.3 is 0 Å². The molecule has 0 radical (unpaired) electrons. The highest BCUT2D eigenvalue weighted by Crippen LogP contribution is 2.20. The minimum absolute atomic E-state index is 0.0342. The minimum atomic E-state index is 0.0342. The van der Waals surface area contributed by atoms with Crippen molar-refractivity contribution in [1.29, 1.82) is 0 Å². The Bertz CT molecular complexity index is 647. The monoisotopic (exact) mass is 331 g/mol. The lowest BCUT2D eigenvalue weighted by Gasteiger charge is -2.08. The van der Waals surface area contributed by atoms with E-state index in [1.54, 1.807) is 0 Å². The first-order valence-electron chi connectivity index (χ1n) is 8.03. The van der Waals surface area contributed by atoms with Crippen LogP contribution in [0.25, 0.3) is 0 Å². The van der Waals surface area contributed by atoms with Crippen molar-refractivity contribution in [1.82, 2.24) is 10.3 Å². The molecule has 0 atom stereocenters. The zero-order valence-electron chi connectivity index (χ0n) is 14.1. The molecule has 0 unspecified atom stereocenters. The molecule has 1 heterocycles. The predicted octanol–water partition coefficient (Wildman–Crippen LogP) is 3.45. The molecule has 2 rings (SSSR count). The molecule has 0 saturated carbocycles. The van der Waals surface area contributed by atoms with Crippen LogP contribution in [0.3, 0.4) is 0 Å². The molecule has 23 heavy (non-hydrogen) atoms. The maximum atomic E-state index is 11.9. The number of hydrogen-bond donors (Lipinski definition) is 2. The van der Waals surface area contributed by atoms with Gasteiger partial charge in [-0.2, -0.15) is 0 Å². The number of aromatic nitrogens is 1. The van der Waals surface area contributed by atoms with Gasteiger partial charge in [0.15, 0.2) is 5.13 Å². The number of benzene rings is 1. The smallest absolute Gasteiger partial charge is 0.225 e. The molecule has 1 amide bonds. The Hall–Kier alpha value is -1.88. The third-order valence-corrected chi connectivity index (χ3v) is 4.83. The van der Waals surface area contributed by atoms with E-state index in [0.717, 1.165) is 23.4 Å². The Morgan fingerprint density at radius 3 is 2.57 bits per heavy atom. The molecular weight excluding hydrogens is 306 g/mol. The molecule has 0 bridgehead atoms. The molecule has 1 aromatic heterocycles. The van der Waals surface area contributed by atoms with E-state index < -0.39 is 0 Å². The lowest BCUT2D eigenvalue weighted by atomic mass is 10.0. The number of hydrogen-bond acceptors (Lipinski definition) is 4. The van der Waals surface area contributed by atoms with E-state index in [1.165, 1.54) is 22.5 Å². The number of rotatable bonds is 7. The first-order chi connectivity index (χ1) is 11.0. The quantitative estimate of drug-likeness (QED) is 0.764. The van der Waals surface area contributed by atoms with Crippen LogP contribution in [0.15, 0.2) is 24.3 Å². The van der Waals surface area contributed by atoms with Gasteiger partial charge < -0.3 is 11.1 Å². The number of nitrogens with two attached hydrogens (primary N) is 1. The molecule has 1 aromatic carbocycles. The summed E-state index contributed by atoms with van der Waals surface area (Å²) >= 11 is 1.39.